The minimum Gasteiger partial charge on any atom is -0.279 e. The highest BCUT2D eigenvalue weighted by atomic mass is 32.2. The van der Waals surface area contributed by atoms with E-state index in [0.29, 0.717) is 10.6 Å². The average Bonchev–Trinajstić information content (AvgIpc) is 2.88. The quantitative estimate of drug-likeness (QED) is 0.881. The molecule has 98 valence electrons. The Labute approximate surface area is 120 Å². The van der Waals surface area contributed by atoms with Gasteiger partial charge in [-0.25, -0.2) is 8.42 Å². The zero-order chi connectivity index (χ0) is 13.9. The zero-order valence-corrected chi connectivity index (χ0v) is 12.4. The lowest BCUT2D eigenvalue weighted by atomic mass is 10.3. The number of benzene rings is 1. The van der Waals surface area contributed by atoms with Crippen molar-refractivity contribution < 1.29 is 8.42 Å². The Morgan fingerprint density at radius 2 is 2.11 bits per heavy atom. The number of rotatable bonds is 4. The molecule has 0 atom stereocenters. The molecule has 0 fully saturated rings. The molecule has 0 aliphatic rings. The highest BCUT2D eigenvalue weighted by molar-refractivity contribution is 7.98. The van der Waals surface area contributed by atoms with Crippen LogP contribution in [0.2, 0.25) is 0 Å². The van der Waals surface area contributed by atoms with Crippen molar-refractivity contribution in [3.8, 4) is 6.07 Å². The van der Waals surface area contributed by atoms with Gasteiger partial charge in [-0.05, 0) is 36.6 Å². The molecule has 0 aliphatic carbocycles. The molecule has 1 N–H and O–H groups in total. The molecule has 0 radical (unpaired) electrons. The molecule has 0 spiro atoms. The van der Waals surface area contributed by atoms with Gasteiger partial charge in [0.15, 0.2) is 0 Å². The number of anilines is 1. The smallest absolute Gasteiger partial charge is 0.271 e. The molecular formula is C12H10N2O2S3. The summed E-state index contributed by atoms with van der Waals surface area (Å²) in [7, 11) is -3.62. The Morgan fingerprint density at radius 3 is 2.74 bits per heavy atom. The Balaban J connectivity index is 2.28. The Morgan fingerprint density at radius 1 is 1.32 bits per heavy atom. The summed E-state index contributed by atoms with van der Waals surface area (Å²) in [5.74, 6) is 0. The van der Waals surface area contributed by atoms with Crippen molar-refractivity contribution in [2.24, 2.45) is 0 Å². The number of nitrogens with zero attached hydrogens (tertiary/aromatic N) is 1. The second-order valence-electron chi connectivity index (χ2n) is 3.57. The molecule has 2 aromatic rings. The maximum absolute atomic E-state index is 12.1. The van der Waals surface area contributed by atoms with Crippen LogP contribution in [0.25, 0.3) is 0 Å². The third kappa shape index (κ3) is 3.29. The van der Waals surface area contributed by atoms with Gasteiger partial charge in [0.2, 0.25) is 0 Å². The summed E-state index contributed by atoms with van der Waals surface area (Å²) in [5, 5.41) is 8.72. The highest BCUT2D eigenvalue weighted by Gasteiger charge is 2.17. The maximum Gasteiger partial charge on any atom is 0.271 e. The number of thiophene rings is 1. The van der Waals surface area contributed by atoms with E-state index < -0.39 is 10.0 Å². The summed E-state index contributed by atoms with van der Waals surface area (Å²) in [4.78, 5) is 1.35. The van der Waals surface area contributed by atoms with Crippen molar-refractivity contribution in [2.75, 3.05) is 11.0 Å². The van der Waals surface area contributed by atoms with Crippen LogP contribution < -0.4 is 4.72 Å². The van der Waals surface area contributed by atoms with E-state index in [9.17, 15) is 8.42 Å². The number of thioether (sulfide) groups is 1. The molecule has 1 aromatic carbocycles. The summed E-state index contributed by atoms with van der Waals surface area (Å²) >= 11 is 2.49. The van der Waals surface area contributed by atoms with Gasteiger partial charge in [-0.3, -0.25) is 4.72 Å². The van der Waals surface area contributed by atoms with E-state index in [1.54, 1.807) is 18.2 Å². The van der Waals surface area contributed by atoms with Crippen LogP contribution in [0.15, 0.2) is 45.5 Å². The Kier molecular flexibility index (Phi) is 4.14. The van der Waals surface area contributed by atoms with Crippen LogP contribution in [0.1, 0.15) is 4.88 Å². The van der Waals surface area contributed by atoms with E-state index in [4.69, 9.17) is 5.26 Å². The third-order valence-corrected chi connectivity index (χ3v) is 5.87. The summed E-state index contributed by atoms with van der Waals surface area (Å²) in [6.07, 6.45) is 1.92. The molecule has 19 heavy (non-hydrogen) atoms. The van der Waals surface area contributed by atoms with Gasteiger partial charge in [0.25, 0.3) is 10.0 Å². The molecular weight excluding hydrogens is 300 g/mol. The SMILES string of the molecule is CSc1cccc(NS(=O)(=O)c2ccc(C#N)s2)c1. The molecule has 0 saturated carbocycles. The summed E-state index contributed by atoms with van der Waals surface area (Å²) in [6.45, 7) is 0. The van der Waals surface area contributed by atoms with Gasteiger partial charge >= 0.3 is 0 Å². The fraction of sp³-hybridized carbons (Fsp3) is 0.0833. The Bertz CT molecular complexity index is 729. The van der Waals surface area contributed by atoms with Gasteiger partial charge in [0.1, 0.15) is 15.2 Å². The lowest BCUT2D eigenvalue weighted by molar-refractivity contribution is 0.603. The fourth-order valence-corrected chi connectivity index (χ4v) is 4.03. The third-order valence-electron chi connectivity index (χ3n) is 2.28. The second-order valence-corrected chi connectivity index (χ2v) is 7.44. The van der Waals surface area contributed by atoms with E-state index in [0.717, 1.165) is 16.2 Å². The van der Waals surface area contributed by atoms with Crippen LogP contribution in [0, 0.1) is 11.3 Å². The van der Waals surface area contributed by atoms with Crippen molar-refractivity contribution in [3.05, 3.63) is 41.3 Å². The van der Waals surface area contributed by atoms with Crippen LogP contribution in [0.5, 0.6) is 0 Å². The number of sulfonamides is 1. The van der Waals surface area contributed by atoms with Crippen molar-refractivity contribution >= 4 is 38.8 Å². The summed E-state index contributed by atoms with van der Waals surface area (Å²) in [6, 6.07) is 12.0. The molecule has 0 aliphatic heterocycles. The summed E-state index contributed by atoms with van der Waals surface area (Å²) in [5.41, 5.74) is 0.513. The molecule has 4 nitrogen and oxygen atoms in total. The van der Waals surface area contributed by atoms with E-state index >= 15 is 0 Å². The average molecular weight is 310 g/mol. The van der Waals surface area contributed by atoms with Gasteiger partial charge in [-0.1, -0.05) is 6.07 Å². The first-order valence-corrected chi connectivity index (χ1v) is 8.74. The van der Waals surface area contributed by atoms with E-state index in [1.807, 2.05) is 18.4 Å². The fourth-order valence-electron chi connectivity index (χ4n) is 1.42. The minimum atomic E-state index is -3.62. The first-order valence-electron chi connectivity index (χ1n) is 5.22. The predicted molar refractivity (Wildman–Crippen MR) is 78.1 cm³/mol. The van der Waals surface area contributed by atoms with Crippen LogP contribution in [0.4, 0.5) is 5.69 Å². The predicted octanol–water partition coefficient (Wildman–Crippen LogP) is 3.14. The molecule has 0 saturated heterocycles. The van der Waals surface area contributed by atoms with Crippen molar-refractivity contribution in [1.29, 1.82) is 5.26 Å². The van der Waals surface area contributed by atoms with Gasteiger partial charge in [-0.2, -0.15) is 5.26 Å². The molecule has 0 bridgehead atoms. The molecule has 2 rings (SSSR count). The standard InChI is InChI=1S/C12H10N2O2S3/c1-17-10-4-2-3-9(7-10)14-19(15,16)12-6-5-11(8-13)18-12/h2-7,14H,1H3. The maximum atomic E-state index is 12.1. The normalized spacial score (nSPS) is 10.9. The number of hydrogen-bond acceptors (Lipinski definition) is 5. The van der Waals surface area contributed by atoms with Crippen LogP contribution in [0.3, 0.4) is 0 Å². The van der Waals surface area contributed by atoms with Crippen molar-refractivity contribution in [1.82, 2.24) is 0 Å². The van der Waals surface area contributed by atoms with E-state index in [1.165, 1.54) is 23.9 Å². The van der Waals surface area contributed by atoms with Crippen LogP contribution in [-0.2, 0) is 10.0 Å². The molecule has 1 heterocycles. The monoisotopic (exact) mass is 310 g/mol. The number of nitrogens with one attached hydrogen (secondary N) is 1. The van der Waals surface area contributed by atoms with Crippen molar-refractivity contribution in [3.63, 3.8) is 0 Å². The van der Waals surface area contributed by atoms with Crippen LogP contribution in [-0.4, -0.2) is 14.7 Å². The second kappa shape index (κ2) is 5.65. The molecule has 0 amide bonds. The first kappa shape index (κ1) is 13.9. The number of nitriles is 1. The lowest BCUT2D eigenvalue weighted by Crippen LogP contribution is -2.11. The topological polar surface area (TPSA) is 70.0 Å². The highest BCUT2D eigenvalue weighted by Crippen LogP contribution is 2.25. The Hall–Kier alpha value is -1.49. The lowest BCUT2D eigenvalue weighted by Gasteiger charge is -2.07. The largest absolute Gasteiger partial charge is 0.279 e. The zero-order valence-electron chi connectivity index (χ0n) is 9.95. The molecule has 1 aromatic heterocycles. The van der Waals surface area contributed by atoms with E-state index in [-0.39, 0.29) is 4.21 Å². The summed E-state index contributed by atoms with van der Waals surface area (Å²) < 4.78 is 26.9. The van der Waals surface area contributed by atoms with Gasteiger partial charge in [0.05, 0.1) is 0 Å². The van der Waals surface area contributed by atoms with E-state index in [2.05, 4.69) is 4.72 Å². The first-order chi connectivity index (χ1) is 9.05. The van der Waals surface area contributed by atoms with Crippen molar-refractivity contribution in [2.45, 2.75) is 9.10 Å². The van der Waals surface area contributed by atoms with Gasteiger partial charge in [-0.15, -0.1) is 23.1 Å². The minimum absolute atomic E-state index is 0.138. The van der Waals surface area contributed by atoms with Gasteiger partial charge < -0.3 is 0 Å². The van der Waals surface area contributed by atoms with Gasteiger partial charge in [0, 0.05) is 10.6 Å². The number of hydrogen-bond donors (Lipinski definition) is 1. The molecule has 0 unspecified atom stereocenters. The molecule has 7 heteroatoms. The van der Waals surface area contributed by atoms with Crippen LogP contribution >= 0.6 is 23.1 Å².